The van der Waals surface area contributed by atoms with Gasteiger partial charge < -0.3 is 5.32 Å². The molecular formula is C15H19FINO. The lowest BCUT2D eigenvalue weighted by Crippen LogP contribution is -2.35. The minimum Gasteiger partial charge on any atom is -0.351 e. The number of carbonyl (C=O) groups excluding carboxylic acids is 1. The number of amides is 1. The molecule has 0 aromatic heterocycles. The fourth-order valence-electron chi connectivity index (χ4n) is 2.82. The van der Waals surface area contributed by atoms with Crippen LogP contribution >= 0.6 is 22.6 Å². The minimum absolute atomic E-state index is 0.0934. The van der Waals surface area contributed by atoms with E-state index in [4.69, 9.17) is 0 Å². The fourth-order valence-corrected chi connectivity index (χ4v) is 3.54. The summed E-state index contributed by atoms with van der Waals surface area (Å²) in [6.45, 7) is 2.93. The molecule has 0 radical (unpaired) electrons. The molecule has 2 nitrogen and oxygen atoms in total. The van der Waals surface area contributed by atoms with Crippen LogP contribution in [0.1, 0.15) is 49.4 Å². The first-order chi connectivity index (χ1) is 9.06. The Morgan fingerprint density at radius 2 is 2.11 bits per heavy atom. The van der Waals surface area contributed by atoms with Gasteiger partial charge in [-0.1, -0.05) is 19.8 Å². The molecule has 2 rings (SSSR count). The van der Waals surface area contributed by atoms with Crippen LogP contribution in [0.5, 0.6) is 0 Å². The molecule has 19 heavy (non-hydrogen) atoms. The first-order valence-electron chi connectivity index (χ1n) is 6.79. The Hall–Kier alpha value is -0.650. The van der Waals surface area contributed by atoms with Crippen LogP contribution in [0.15, 0.2) is 18.2 Å². The maximum Gasteiger partial charge on any atom is 0.252 e. The van der Waals surface area contributed by atoms with Crippen LogP contribution < -0.4 is 5.32 Å². The molecule has 0 heterocycles. The Bertz CT molecular complexity index is 469. The minimum atomic E-state index is -0.304. The highest BCUT2D eigenvalue weighted by molar-refractivity contribution is 14.1. The number of halogens is 2. The molecule has 1 fully saturated rings. The van der Waals surface area contributed by atoms with Crippen LogP contribution in [0.2, 0.25) is 0 Å². The fraction of sp³-hybridized carbons (Fsp3) is 0.533. The van der Waals surface area contributed by atoms with E-state index < -0.39 is 0 Å². The van der Waals surface area contributed by atoms with Gasteiger partial charge in [0.15, 0.2) is 0 Å². The highest BCUT2D eigenvalue weighted by atomic mass is 127. The van der Waals surface area contributed by atoms with E-state index in [1.165, 1.54) is 37.8 Å². The third-order valence-electron chi connectivity index (χ3n) is 4.21. The molecule has 0 atom stereocenters. The monoisotopic (exact) mass is 375 g/mol. The highest BCUT2D eigenvalue weighted by Crippen LogP contribution is 2.40. The Morgan fingerprint density at radius 1 is 1.42 bits per heavy atom. The van der Waals surface area contributed by atoms with Crippen molar-refractivity contribution < 1.29 is 9.18 Å². The van der Waals surface area contributed by atoms with Crippen LogP contribution in [0, 0.1) is 14.8 Å². The van der Waals surface area contributed by atoms with Crippen LogP contribution in [0.25, 0.3) is 0 Å². The van der Waals surface area contributed by atoms with Gasteiger partial charge in [-0.15, -0.1) is 0 Å². The molecule has 1 N–H and O–H groups in total. The van der Waals surface area contributed by atoms with Crippen LogP contribution in [0.3, 0.4) is 0 Å². The van der Waals surface area contributed by atoms with E-state index in [0.29, 0.717) is 9.13 Å². The predicted molar refractivity (Wildman–Crippen MR) is 82.6 cm³/mol. The zero-order valence-electron chi connectivity index (χ0n) is 11.1. The summed E-state index contributed by atoms with van der Waals surface area (Å²) in [5.74, 6) is -0.397. The number of carbonyl (C=O) groups is 1. The van der Waals surface area contributed by atoms with Gasteiger partial charge in [-0.05, 0) is 65.5 Å². The molecule has 1 amide bonds. The molecular weight excluding hydrogens is 356 g/mol. The Kier molecular flexibility index (Phi) is 4.81. The smallest absolute Gasteiger partial charge is 0.252 e. The molecule has 1 saturated carbocycles. The lowest BCUT2D eigenvalue weighted by atomic mass is 9.83. The van der Waals surface area contributed by atoms with Crippen molar-refractivity contribution in [3.8, 4) is 0 Å². The molecule has 0 bridgehead atoms. The van der Waals surface area contributed by atoms with E-state index in [0.717, 1.165) is 13.0 Å². The summed E-state index contributed by atoms with van der Waals surface area (Å²) < 4.78 is 13.7. The average Bonchev–Trinajstić information content (AvgIpc) is 2.85. The van der Waals surface area contributed by atoms with Gasteiger partial charge in [0.1, 0.15) is 5.82 Å². The molecule has 1 aliphatic carbocycles. The third kappa shape index (κ3) is 3.46. The summed E-state index contributed by atoms with van der Waals surface area (Å²) in [5, 5.41) is 3.03. The topological polar surface area (TPSA) is 29.1 Å². The summed E-state index contributed by atoms with van der Waals surface area (Å²) in [6, 6.07) is 4.28. The average molecular weight is 375 g/mol. The SMILES string of the molecule is CCC1(CNC(=O)c2ccc(F)cc2I)CCCC1. The maximum absolute atomic E-state index is 13.0. The summed E-state index contributed by atoms with van der Waals surface area (Å²) in [5.41, 5.74) is 0.840. The number of hydrogen-bond donors (Lipinski definition) is 1. The second-order valence-corrected chi connectivity index (χ2v) is 6.53. The summed E-state index contributed by atoms with van der Waals surface area (Å²) in [4.78, 5) is 12.2. The van der Waals surface area contributed by atoms with Gasteiger partial charge in [0, 0.05) is 10.1 Å². The van der Waals surface area contributed by atoms with Crippen molar-refractivity contribution in [2.24, 2.45) is 5.41 Å². The lowest BCUT2D eigenvalue weighted by Gasteiger charge is -2.27. The molecule has 1 aliphatic rings. The maximum atomic E-state index is 13.0. The number of hydrogen-bond acceptors (Lipinski definition) is 1. The van der Waals surface area contributed by atoms with Crippen molar-refractivity contribution >= 4 is 28.5 Å². The second kappa shape index (κ2) is 6.20. The molecule has 4 heteroatoms. The van der Waals surface area contributed by atoms with Crippen molar-refractivity contribution in [3.63, 3.8) is 0 Å². The van der Waals surface area contributed by atoms with E-state index in [9.17, 15) is 9.18 Å². The number of rotatable bonds is 4. The Labute approximate surface area is 127 Å². The van der Waals surface area contributed by atoms with Crippen molar-refractivity contribution in [1.82, 2.24) is 5.32 Å². The Morgan fingerprint density at radius 3 is 2.68 bits per heavy atom. The van der Waals surface area contributed by atoms with Gasteiger partial charge in [-0.25, -0.2) is 4.39 Å². The van der Waals surface area contributed by atoms with Crippen LogP contribution in [0.4, 0.5) is 4.39 Å². The lowest BCUT2D eigenvalue weighted by molar-refractivity contribution is 0.0928. The van der Waals surface area contributed by atoms with Gasteiger partial charge in [0.25, 0.3) is 5.91 Å². The first kappa shape index (κ1) is 14.8. The van der Waals surface area contributed by atoms with Crippen molar-refractivity contribution in [3.05, 3.63) is 33.1 Å². The number of nitrogens with one attached hydrogen (secondary N) is 1. The van der Waals surface area contributed by atoms with E-state index >= 15 is 0 Å². The molecule has 0 saturated heterocycles. The summed E-state index contributed by atoms with van der Waals surface area (Å²) in [7, 11) is 0. The van der Waals surface area contributed by atoms with Crippen LogP contribution in [-0.4, -0.2) is 12.5 Å². The normalized spacial score (nSPS) is 17.4. The molecule has 1 aromatic rings. The summed E-state index contributed by atoms with van der Waals surface area (Å²) in [6.07, 6.45) is 6.03. The molecule has 0 spiro atoms. The zero-order valence-corrected chi connectivity index (χ0v) is 13.3. The standard InChI is InChI=1S/C15H19FINO/c1-2-15(7-3-4-8-15)10-18-14(19)12-6-5-11(16)9-13(12)17/h5-6,9H,2-4,7-8,10H2,1H3,(H,18,19). The number of benzene rings is 1. The quantitative estimate of drug-likeness (QED) is 0.788. The highest BCUT2D eigenvalue weighted by Gasteiger charge is 2.32. The van der Waals surface area contributed by atoms with Gasteiger partial charge >= 0.3 is 0 Å². The van der Waals surface area contributed by atoms with E-state index in [1.54, 1.807) is 6.07 Å². The van der Waals surface area contributed by atoms with Gasteiger partial charge in [0.2, 0.25) is 0 Å². The van der Waals surface area contributed by atoms with Crippen molar-refractivity contribution in [2.75, 3.05) is 6.54 Å². The zero-order chi connectivity index (χ0) is 13.9. The largest absolute Gasteiger partial charge is 0.351 e. The van der Waals surface area contributed by atoms with Crippen LogP contribution in [-0.2, 0) is 0 Å². The summed E-state index contributed by atoms with van der Waals surface area (Å²) >= 11 is 2.00. The molecule has 1 aromatic carbocycles. The van der Waals surface area contributed by atoms with E-state index in [2.05, 4.69) is 12.2 Å². The van der Waals surface area contributed by atoms with E-state index in [1.807, 2.05) is 22.6 Å². The second-order valence-electron chi connectivity index (χ2n) is 5.37. The van der Waals surface area contributed by atoms with Crippen molar-refractivity contribution in [2.45, 2.75) is 39.0 Å². The first-order valence-corrected chi connectivity index (χ1v) is 7.87. The van der Waals surface area contributed by atoms with Gasteiger partial charge in [0.05, 0.1) is 5.56 Å². The molecule has 0 aliphatic heterocycles. The van der Waals surface area contributed by atoms with Gasteiger partial charge in [-0.2, -0.15) is 0 Å². The molecule has 0 unspecified atom stereocenters. The Balaban J connectivity index is 2.01. The van der Waals surface area contributed by atoms with E-state index in [-0.39, 0.29) is 17.1 Å². The van der Waals surface area contributed by atoms with Crippen molar-refractivity contribution in [1.29, 1.82) is 0 Å². The molecule has 104 valence electrons. The third-order valence-corrected chi connectivity index (χ3v) is 5.11. The predicted octanol–water partition coefficient (Wildman–Crippen LogP) is 4.13. The van der Waals surface area contributed by atoms with Gasteiger partial charge in [-0.3, -0.25) is 4.79 Å².